The van der Waals surface area contributed by atoms with Crippen molar-refractivity contribution in [2.75, 3.05) is 6.61 Å². The van der Waals surface area contributed by atoms with Gasteiger partial charge in [-0.3, -0.25) is 14.9 Å². The zero-order chi connectivity index (χ0) is 23.8. The van der Waals surface area contributed by atoms with E-state index >= 15 is 0 Å². The number of halogens is 2. The monoisotopic (exact) mass is 496 g/mol. The van der Waals surface area contributed by atoms with Gasteiger partial charge in [0.15, 0.2) is 0 Å². The average molecular weight is 497 g/mol. The van der Waals surface area contributed by atoms with Crippen molar-refractivity contribution >= 4 is 52.7 Å². The SMILES string of the molecule is CCOC(=O)NC(=O)C(C#N)N=Nc1cc(Cl)c(Sc2cc(C(C)C)c(=O)[nH]n2)c(Cl)c1. The van der Waals surface area contributed by atoms with Crippen molar-refractivity contribution in [1.82, 2.24) is 15.5 Å². The molecule has 2 rings (SSSR count). The third-order valence-corrected chi connectivity index (χ3v) is 5.66. The number of ether oxygens (including phenoxy) is 1. The molecule has 2 aromatic rings. The van der Waals surface area contributed by atoms with Crippen molar-refractivity contribution in [2.45, 2.75) is 42.7 Å². The molecule has 2 amide bonds. The Hall–Kier alpha value is -2.94. The number of nitrogens with zero attached hydrogens (tertiary/aromatic N) is 4. The number of carbonyl (C=O) groups excluding carboxylic acids is 2. The van der Waals surface area contributed by atoms with Crippen LogP contribution >= 0.6 is 35.0 Å². The molecule has 1 unspecified atom stereocenters. The number of aromatic nitrogens is 2. The zero-order valence-electron chi connectivity index (χ0n) is 17.2. The van der Waals surface area contributed by atoms with Gasteiger partial charge >= 0.3 is 6.09 Å². The van der Waals surface area contributed by atoms with Crippen LogP contribution in [0.5, 0.6) is 0 Å². The molecule has 0 aliphatic carbocycles. The number of carbonyl (C=O) groups is 2. The molecular weight excluding hydrogens is 479 g/mol. The van der Waals surface area contributed by atoms with E-state index in [9.17, 15) is 14.4 Å². The van der Waals surface area contributed by atoms with Gasteiger partial charge in [-0.1, -0.05) is 48.8 Å². The molecule has 1 atom stereocenters. The number of rotatable bonds is 7. The maximum Gasteiger partial charge on any atom is 0.413 e. The Morgan fingerprint density at radius 2 is 1.97 bits per heavy atom. The topological polar surface area (TPSA) is 150 Å². The minimum atomic E-state index is -1.58. The highest BCUT2D eigenvalue weighted by Crippen LogP contribution is 2.40. The minimum absolute atomic E-state index is 0.00365. The van der Waals surface area contributed by atoms with Gasteiger partial charge in [0.25, 0.3) is 11.5 Å². The first-order valence-corrected chi connectivity index (χ1v) is 10.8. The number of H-pyrrole nitrogens is 1. The van der Waals surface area contributed by atoms with E-state index in [1.807, 2.05) is 19.2 Å². The van der Waals surface area contributed by atoms with Crippen molar-refractivity contribution in [3.63, 3.8) is 0 Å². The standard InChI is InChI=1S/C19H18Cl2N6O4S/c1-4-31-19(30)23-18(29)14(8-22)25-24-10-5-12(20)16(13(21)6-10)32-15-7-11(9(2)3)17(28)27-26-15/h5-7,9,14H,4H2,1-3H3,(H,27,28)(H,23,29,30). The summed E-state index contributed by atoms with van der Waals surface area (Å²) in [6.07, 6.45) is -0.989. The molecule has 0 saturated carbocycles. The first-order chi connectivity index (χ1) is 15.2. The van der Waals surface area contributed by atoms with Gasteiger partial charge in [0.05, 0.1) is 27.2 Å². The van der Waals surface area contributed by atoms with E-state index in [4.69, 9.17) is 28.5 Å². The van der Waals surface area contributed by atoms with Crippen LogP contribution in [0.2, 0.25) is 10.0 Å². The molecule has 2 N–H and O–H groups in total. The van der Waals surface area contributed by atoms with Crippen LogP contribution < -0.4 is 10.9 Å². The van der Waals surface area contributed by atoms with Crippen molar-refractivity contribution in [3.05, 3.63) is 44.2 Å². The van der Waals surface area contributed by atoms with Crippen LogP contribution in [0.4, 0.5) is 10.5 Å². The number of hydrogen-bond donors (Lipinski definition) is 2. The smallest absolute Gasteiger partial charge is 0.413 e. The van der Waals surface area contributed by atoms with Crippen LogP contribution in [0.15, 0.2) is 43.1 Å². The van der Waals surface area contributed by atoms with Gasteiger partial charge in [-0.25, -0.2) is 9.89 Å². The minimum Gasteiger partial charge on any atom is -0.450 e. The number of nitrogens with one attached hydrogen (secondary N) is 2. The quantitative estimate of drug-likeness (QED) is 0.531. The van der Waals surface area contributed by atoms with Crippen LogP contribution in [0.1, 0.15) is 32.3 Å². The first kappa shape index (κ1) is 25.3. The molecule has 13 heteroatoms. The Kier molecular flexibility index (Phi) is 9.19. The van der Waals surface area contributed by atoms with E-state index in [0.717, 1.165) is 11.8 Å². The third kappa shape index (κ3) is 6.78. The molecular formula is C19H18Cl2N6O4S. The summed E-state index contributed by atoms with van der Waals surface area (Å²) in [6, 6.07) is 4.58. The van der Waals surface area contributed by atoms with Gasteiger partial charge in [0, 0.05) is 5.56 Å². The van der Waals surface area contributed by atoms with E-state index in [2.05, 4.69) is 25.2 Å². The highest BCUT2D eigenvalue weighted by molar-refractivity contribution is 7.99. The summed E-state index contributed by atoms with van der Waals surface area (Å²) in [4.78, 5) is 35.5. The fraction of sp³-hybridized carbons (Fsp3) is 0.316. The van der Waals surface area contributed by atoms with E-state index in [0.29, 0.717) is 15.5 Å². The van der Waals surface area contributed by atoms with Gasteiger partial charge in [-0.05, 0) is 31.0 Å². The predicted octanol–water partition coefficient (Wildman–Crippen LogP) is 4.60. The third-order valence-electron chi connectivity index (χ3n) is 3.78. The van der Waals surface area contributed by atoms with E-state index in [-0.39, 0.29) is 33.8 Å². The summed E-state index contributed by atoms with van der Waals surface area (Å²) in [5.74, 6) is -0.979. The predicted molar refractivity (Wildman–Crippen MR) is 119 cm³/mol. The largest absolute Gasteiger partial charge is 0.450 e. The summed E-state index contributed by atoms with van der Waals surface area (Å²) in [5.41, 5.74) is 0.492. The van der Waals surface area contributed by atoms with Crippen molar-refractivity contribution in [1.29, 1.82) is 5.26 Å². The Balaban J connectivity index is 2.21. The lowest BCUT2D eigenvalue weighted by molar-refractivity contribution is -0.120. The fourth-order valence-electron chi connectivity index (χ4n) is 2.29. The first-order valence-electron chi connectivity index (χ1n) is 9.20. The Labute approximate surface area is 197 Å². The Morgan fingerprint density at radius 1 is 1.31 bits per heavy atom. The number of amides is 2. The molecule has 0 radical (unpaired) electrons. The zero-order valence-corrected chi connectivity index (χ0v) is 19.5. The van der Waals surface area contributed by atoms with Gasteiger partial charge in [0.2, 0.25) is 6.04 Å². The molecule has 0 fully saturated rings. The summed E-state index contributed by atoms with van der Waals surface area (Å²) in [5, 5.41) is 25.8. The van der Waals surface area contributed by atoms with Gasteiger partial charge < -0.3 is 4.74 Å². The van der Waals surface area contributed by atoms with E-state index in [1.54, 1.807) is 19.1 Å². The normalized spacial score (nSPS) is 11.9. The van der Waals surface area contributed by atoms with E-state index < -0.39 is 18.0 Å². The maximum atomic E-state index is 11.9. The van der Waals surface area contributed by atoms with Crippen LogP contribution in [0.3, 0.4) is 0 Å². The van der Waals surface area contributed by atoms with Crippen molar-refractivity contribution in [2.24, 2.45) is 10.2 Å². The van der Waals surface area contributed by atoms with Crippen LogP contribution in [-0.2, 0) is 9.53 Å². The Morgan fingerprint density at radius 3 is 2.53 bits per heavy atom. The molecule has 0 aliphatic heterocycles. The van der Waals surface area contributed by atoms with Gasteiger partial charge in [-0.15, -0.1) is 0 Å². The summed E-state index contributed by atoms with van der Waals surface area (Å²) in [6.45, 7) is 5.41. The molecule has 0 bridgehead atoms. The molecule has 10 nitrogen and oxygen atoms in total. The average Bonchev–Trinajstić information content (AvgIpc) is 2.72. The molecule has 168 valence electrons. The van der Waals surface area contributed by atoms with Crippen molar-refractivity contribution in [3.8, 4) is 6.07 Å². The molecule has 0 spiro atoms. The lowest BCUT2D eigenvalue weighted by Gasteiger charge is -2.09. The molecule has 1 aromatic carbocycles. The second kappa shape index (κ2) is 11.6. The molecule has 32 heavy (non-hydrogen) atoms. The van der Waals surface area contributed by atoms with E-state index in [1.165, 1.54) is 12.1 Å². The summed E-state index contributed by atoms with van der Waals surface area (Å²) < 4.78 is 4.58. The number of imide groups is 1. The number of alkyl carbamates (subject to hydrolysis) is 1. The second-order valence-corrected chi connectivity index (χ2v) is 8.29. The van der Waals surface area contributed by atoms with Crippen molar-refractivity contribution < 1.29 is 14.3 Å². The molecule has 0 aliphatic rings. The lowest BCUT2D eigenvalue weighted by Crippen LogP contribution is -2.37. The number of azo groups is 1. The maximum absolute atomic E-state index is 11.9. The number of benzene rings is 1. The molecule has 1 heterocycles. The van der Waals surface area contributed by atoms with Gasteiger partial charge in [0.1, 0.15) is 11.1 Å². The lowest BCUT2D eigenvalue weighted by atomic mass is 10.1. The van der Waals surface area contributed by atoms with Gasteiger partial charge in [-0.2, -0.15) is 20.6 Å². The van der Waals surface area contributed by atoms with Crippen LogP contribution in [-0.4, -0.2) is 34.8 Å². The second-order valence-electron chi connectivity index (χ2n) is 6.44. The molecule has 1 aromatic heterocycles. The Bertz CT molecular complexity index is 1120. The highest BCUT2D eigenvalue weighted by Gasteiger charge is 2.20. The fourth-order valence-corrected chi connectivity index (χ4v) is 3.79. The summed E-state index contributed by atoms with van der Waals surface area (Å²) in [7, 11) is 0. The van der Waals surface area contributed by atoms with Crippen LogP contribution in [0, 0.1) is 11.3 Å². The number of hydrogen-bond acceptors (Lipinski definition) is 9. The number of nitriles is 1. The summed E-state index contributed by atoms with van der Waals surface area (Å²) >= 11 is 13.8. The number of aromatic amines is 1. The highest BCUT2D eigenvalue weighted by atomic mass is 35.5. The molecule has 0 saturated heterocycles. The van der Waals surface area contributed by atoms with Crippen LogP contribution in [0.25, 0.3) is 0 Å².